The summed E-state index contributed by atoms with van der Waals surface area (Å²) in [5, 5.41) is 19.4. The lowest BCUT2D eigenvalue weighted by molar-refractivity contribution is 0.280. The second-order valence-electron chi connectivity index (χ2n) is 6.95. The number of nitrogens with zero attached hydrogens (tertiary/aromatic N) is 2. The van der Waals surface area contributed by atoms with Gasteiger partial charge in [-0.1, -0.05) is 32.9 Å². The molecule has 0 amide bonds. The smallest absolute Gasteiger partial charge is 0.145 e. The molecule has 2 rings (SSSR count). The van der Waals surface area contributed by atoms with Crippen molar-refractivity contribution in [1.29, 1.82) is 0 Å². The lowest BCUT2D eigenvalue weighted by Gasteiger charge is -2.19. The third kappa shape index (κ3) is 5.03. The lowest BCUT2D eigenvalue weighted by atomic mass is 9.87. The van der Waals surface area contributed by atoms with Crippen LogP contribution in [0.2, 0.25) is 0 Å². The van der Waals surface area contributed by atoms with Gasteiger partial charge in [0.25, 0.3) is 0 Å². The Hall–Kier alpha value is -2.40. The van der Waals surface area contributed by atoms with Gasteiger partial charge >= 0.3 is 0 Å². The average molecular weight is 342 g/mol. The molecule has 0 atom stereocenters. The first-order valence-corrected chi connectivity index (χ1v) is 8.34. The molecule has 1 heterocycles. The molecule has 0 saturated carbocycles. The standard InChI is InChI=1S/C20H26N2O3/c1-14-19(24)18(15(13-23)11-22-14)12-21-9-10-25-17-7-5-16(6-8-17)20(2,3)4/h5-8,11-12,23-24H,9-10,13H2,1-4H3. The van der Waals surface area contributed by atoms with Gasteiger partial charge in [0, 0.05) is 23.5 Å². The first kappa shape index (κ1) is 18.9. The number of hydrogen-bond acceptors (Lipinski definition) is 5. The number of aliphatic imine (C=N–C) groups is 1. The van der Waals surface area contributed by atoms with Gasteiger partial charge in [0.2, 0.25) is 0 Å². The van der Waals surface area contributed by atoms with Crippen molar-refractivity contribution in [3.63, 3.8) is 0 Å². The number of benzene rings is 1. The van der Waals surface area contributed by atoms with Crippen molar-refractivity contribution in [1.82, 2.24) is 4.98 Å². The third-order valence-corrected chi connectivity index (χ3v) is 3.96. The minimum atomic E-state index is -0.196. The molecule has 1 aromatic carbocycles. The van der Waals surface area contributed by atoms with Crippen LogP contribution in [0.4, 0.5) is 0 Å². The van der Waals surface area contributed by atoms with E-state index >= 15 is 0 Å². The summed E-state index contributed by atoms with van der Waals surface area (Å²) < 4.78 is 5.68. The van der Waals surface area contributed by atoms with Crippen molar-refractivity contribution in [2.45, 2.75) is 39.7 Å². The largest absolute Gasteiger partial charge is 0.505 e. The van der Waals surface area contributed by atoms with Gasteiger partial charge in [-0.3, -0.25) is 9.98 Å². The molecule has 1 aromatic heterocycles. The average Bonchev–Trinajstić information content (AvgIpc) is 2.58. The molecule has 134 valence electrons. The summed E-state index contributed by atoms with van der Waals surface area (Å²) in [5.74, 6) is 0.857. The summed E-state index contributed by atoms with van der Waals surface area (Å²) in [6.07, 6.45) is 3.10. The number of aromatic nitrogens is 1. The summed E-state index contributed by atoms with van der Waals surface area (Å²) in [6, 6.07) is 8.08. The van der Waals surface area contributed by atoms with Crippen LogP contribution in [0.15, 0.2) is 35.5 Å². The quantitative estimate of drug-likeness (QED) is 0.623. The van der Waals surface area contributed by atoms with Crippen LogP contribution in [-0.2, 0) is 12.0 Å². The first-order valence-electron chi connectivity index (χ1n) is 8.34. The van der Waals surface area contributed by atoms with Crippen molar-refractivity contribution in [2.75, 3.05) is 13.2 Å². The molecule has 0 spiro atoms. The summed E-state index contributed by atoms with van der Waals surface area (Å²) in [4.78, 5) is 8.30. The van der Waals surface area contributed by atoms with Crippen molar-refractivity contribution in [3.8, 4) is 11.5 Å². The Labute approximate surface area is 149 Å². The van der Waals surface area contributed by atoms with E-state index < -0.39 is 0 Å². The fraction of sp³-hybridized carbons (Fsp3) is 0.400. The molecule has 0 unspecified atom stereocenters. The number of ether oxygens (including phenoxy) is 1. The van der Waals surface area contributed by atoms with E-state index in [4.69, 9.17) is 4.74 Å². The van der Waals surface area contributed by atoms with E-state index in [-0.39, 0.29) is 17.8 Å². The van der Waals surface area contributed by atoms with Crippen LogP contribution in [0.25, 0.3) is 0 Å². The number of aliphatic hydroxyl groups excluding tert-OH is 1. The Bertz CT molecular complexity index is 732. The van der Waals surface area contributed by atoms with Gasteiger partial charge in [0.15, 0.2) is 0 Å². The highest BCUT2D eigenvalue weighted by Gasteiger charge is 2.13. The number of hydrogen-bond donors (Lipinski definition) is 2. The molecule has 0 aliphatic rings. The van der Waals surface area contributed by atoms with E-state index in [0.717, 1.165) is 5.75 Å². The van der Waals surface area contributed by atoms with Crippen LogP contribution in [0, 0.1) is 6.92 Å². The summed E-state index contributed by atoms with van der Waals surface area (Å²) >= 11 is 0. The molecule has 0 aliphatic carbocycles. The monoisotopic (exact) mass is 342 g/mol. The van der Waals surface area contributed by atoms with Gasteiger partial charge < -0.3 is 14.9 Å². The molecule has 0 bridgehead atoms. The van der Waals surface area contributed by atoms with Gasteiger partial charge in [-0.15, -0.1) is 0 Å². The number of aromatic hydroxyl groups is 1. The molecule has 2 N–H and O–H groups in total. The maximum Gasteiger partial charge on any atom is 0.145 e. The summed E-state index contributed by atoms with van der Waals surface area (Å²) in [6.45, 7) is 8.92. The Morgan fingerprint density at radius 1 is 1.20 bits per heavy atom. The van der Waals surface area contributed by atoms with Gasteiger partial charge in [0.05, 0.1) is 18.8 Å². The number of aryl methyl sites for hydroxylation is 1. The Morgan fingerprint density at radius 2 is 1.88 bits per heavy atom. The number of aliphatic hydroxyl groups is 1. The highest BCUT2D eigenvalue weighted by Crippen LogP contribution is 2.24. The predicted molar refractivity (Wildman–Crippen MR) is 99.7 cm³/mol. The van der Waals surface area contributed by atoms with Gasteiger partial charge in [-0.25, -0.2) is 0 Å². The molecular weight excluding hydrogens is 316 g/mol. The van der Waals surface area contributed by atoms with Gasteiger partial charge in [-0.2, -0.15) is 0 Å². The zero-order valence-corrected chi connectivity index (χ0v) is 15.3. The maximum atomic E-state index is 10.0. The van der Waals surface area contributed by atoms with Crippen LogP contribution >= 0.6 is 0 Å². The molecule has 0 aliphatic heterocycles. The van der Waals surface area contributed by atoms with E-state index in [1.54, 1.807) is 19.3 Å². The summed E-state index contributed by atoms with van der Waals surface area (Å²) in [5.41, 5.74) is 2.94. The van der Waals surface area contributed by atoms with E-state index in [2.05, 4.69) is 42.9 Å². The van der Waals surface area contributed by atoms with Crippen LogP contribution in [0.3, 0.4) is 0 Å². The predicted octanol–water partition coefficient (Wildman–Crippen LogP) is 3.38. The van der Waals surface area contributed by atoms with Crippen molar-refractivity contribution in [2.24, 2.45) is 4.99 Å². The van der Waals surface area contributed by atoms with E-state index in [1.165, 1.54) is 5.56 Å². The van der Waals surface area contributed by atoms with Crippen molar-refractivity contribution >= 4 is 6.21 Å². The maximum absolute atomic E-state index is 10.0. The molecule has 0 radical (unpaired) electrons. The molecule has 5 heteroatoms. The third-order valence-electron chi connectivity index (χ3n) is 3.96. The zero-order chi connectivity index (χ0) is 18.4. The van der Waals surface area contributed by atoms with Crippen LogP contribution < -0.4 is 4.74 Å². The molecular formula is C20H26N2O3. The van der Waals surface area contributed by atoms with Crippen LogP contribution in [0.1, 0.15) is 43.2 Å². The highest BCUT2D eigenvalue weighted by atomic mass is 16.5. The summed E-state index contributed by atoms with van der Waals surface area (Å²) in [7, 11) is 0. The molecule has 0 saturated heterocycles. The minimum absolute atomic E-state index is 0.0500. The van der Waals surface area contributed by atoms with Crippen LogP contribution in [0.5, 0.6) is 11.5 Å². The Balaban J connectivity index is 1.91. The van der Waals surface area contributed by atoms with Crippen molar-refractivity contribution < 1.29 is 14.9 Å². The van der Waals surface area contributed by atoms with E-state index in [1.807, 2.05) is 12.1 Å². The Morgan fingerprint density at radius 3 is 2.48 bits per heavy atom. The van der Waals surface area contributed by atoms with Crippen molar-refractivity contribution in [3.05, 3.63) is 52.8 Å². The van der Waals surface area contributed by atoms with E-state index in [9.17, 15) is 10.2 Å². The van der Waals surface area contributed by atoms with Crippen LogP contribution in [-0.4, -0.2) is 34.6 Å². The van der Waals surface area contributed by atoms with E-state index in [0.29, 0.717) is 30.0 Å². The Kier molecular flexibility index (Phi) is 6.15. The fourth-order valence-electron chi connectivity index (χ4n) is 2.35. The SMILES string of the molecule is Cc1ncc(CO)c(C=NCCOc2ccc(C(C)(C)C)cc2)c1O. The molecule has 25 heavy (non-hydrogen) atoms. The molecule has 5 nitrogen and oxygen atoms in total. The fourth-order valence-corrected chi connectivity index (χ4v) is 2.35. The first-order chi connectivity index (χ1) is 11.8. The molecule has 2 aromatic rings. The number of rotatable bonds is 6. The van der Waals surface area contributed by atoms with Gasteiger partial charge in [0.1, 0.15) is 18.1 Å². The second kappa shape index (κ2) is 8.12. The number of pyridine rings is 1. The zero-order valence-electron chi connectivity index (χ0n) is 15.3. The highest BCUT2D eigenvalue weighted by molar-refractivity contribution is 5.85. The molecule has 0 fully saturated rings. The minimum Gasteiger partial charge on any atom is -0.505 e. The normalized spacial score (nSPS) is 11.9. The second-order valence-corrected chi connectivity index (χ2v) is 6.95. The lowest BCUT2D eigenvalue weighted by Crippen LogP contribution is -2.10. The topological polar surface area (TPSA) is 74.9 Å². The van der Waals surface area contributed by atoms with Gasteiger partial charge in [-0.05, 0) is 30.0 Å².